The van der Waals surface area contributed by atoms with Crippen molar-refractivity contribution >= 4 is 11.9 Å². The smallest absolute Gasteiger partial charge is 0.328 e. The molecule has 126 valence electrons. The van der Waals surface area contributed by atoms with Crippen molar-refractivity contribution in [1.82, 2.24) is 5.32 Å². The highest BCUT2D eigenvalue weighted by molar-refractivity contribution is 5.85. The SMILES string of the molecule is COC(=O)[C@H](NC(=O)COCc1ccccc1)C1CCCCC1. The van der Waals surface area contributed by atoms with Crippen LogP contribution in [-0.4, -0.2) is 31.6 Å². The van der Waals surface area contributed by atoms with Crippen molar-refractivity contribution in [2.75, 3.05) is 13.7 Å². The lowest BCUT2D eigenvalue weighted by atomic mass is 9.84. The number of hydrogen-bond donors (Lipinski definition) is 1. The van der Waals surface area contributed by atoms with Crippen LogP contribution >= 0.6 is 0 Å². The van der Waals surface area contributed by atoms with Gasteiger partial charge in [-0.1, -0.05) is 49.6 Å². The van der Waals surface area contributed by atoms with Gasteiger partial charge in [0.1, 0.15) is 12.6 Å². The van der Waals surface area contributed by atoms with Gasteiger partial charge in [0.15, 0.2) is 0 Å². The second-order valence-electron chi connectivity index (χ2n) is 5.94. The summed E-state index contributed by atoms with van der Waals surface area (Å²) in [6, 6.07) is 9.10. The van der Waals surface area contributed by atoms with Crippen molar-refractivity contribution in [2.45, 2.75) is 44.8 Å². The summed E-state index contributed by atoms with van der Waals surface area (Å²) < 4.78 is 10.3. The fourth-order valence-electron chi connectivity index (χ4n) is 3.01. The Morgan fingerprint density at radius 3 is 2.52 bits per heavy atom. The normalized spacial score (nSPS) is 16.6. The first-order valence-electron chi connectivity index (χ1n) is 8.19. The Morgan fingerprint density at radius 1 is 1.17 bits per heavy atom. The van der Waals surface area contributed by atoms with Gasteiger partial charge in [0.05, 0.1) is 13.7 Å². The number of ether oxygens (including phenoxy) is 2. The molecule has 0 aliphatic heterocycles. The van der Waals surface area contributed by atoms with Gasteiger partial charge in [-0.3, -0.25) is 4.79 Å². The lowest BCUT2D eigenvalue weighted by Crippen LogP contribution is -2.48. The van der Waals surface area contributed by atoms with E-state index in [9.17, 15) is 9.59 Å². The van der Waals surface area contributed by atoms with Gasteiger partial charge in [-0.05, 0) is 24.3 Å². The van der Waals surface area contributed by atoms with Crippen LogP contribution in [0, 0.1) is 5.92 Å². The summed E-state index contributed by atoms with van der Waals surface area (Å²) in [4.78, 5) is 24.0. The van der Waals surface area contributed by atoms with E-state index in [0.29, 0.717) is 6.61 Å². The standard InChI is InChI=1S/C18H25NO4/c1-22-18(21)17(15-10-6-3-7-11-15)19-16(20)13-23-12-14-8-4-2-5-9-14/h2,4-5,8-9,15,17H,3,6-7,10-13H2,1H3,(H,19,20)/t17-/m1/s1. The van der Waals surface area contributed by atoms with Crippen molar-refractivity contribution in [3.8, 4) is 0 Å². The number of nitrogens with one attached hydrogen (secondary N) is 1. The van der Waals surface area contributed by atoms with E-state index in [1.54, 1.807) is 0 Å². The number of rotatable bonds is 7. The molecule has 5 heteroatoms. The number of benzene rings is 1. The number of esters is 1. The van der Waals surface area contributed by atoms with Gasteiger partial charge in [-0.2, -0.15) is 0 Å². The Morgan fingerprint density at radius 2 is 1.87 bits per heavy atom. The first-order valence-corrected chi connectivity index (χ1v) is 8.19. The molecule has 5 nitrogen and oxygen atoms in total. The number of methoxy groups -OCH3 is 1. The lowest BCUT2D eigenvalue weighted by molar-refractivity contribution is -0.147. The van der Waals surface area contributed by atoms with Crippen LogP contribution in [0.25, 0.3) is 0 Å². The number of carbonyl (C=O) groups excluding carboxylic acids is 2. The molecule has 0 saturated heterocycles. The second kappa shape index (κ2) is 9.30. The Kier molecular flexibility index (Phi) is 7.07. The molecule has 1 saturated carbocycles. The average molecular weight is 319 g/mol. The quantitative estimate of drug-likeness (QED) is 0.784. The van der Waals surface area contributed by atoms with Gasteiger partial charge in [-0.15, -0.1) is 0 Å². The van der Waals surface area contributed by atoms with Crippen LogP contribution < -0.4 is 5.32 Å². The largest absolute Gasteiger partial charge is 0.467 e. The molecule has 0 spiro atoms. The zero-order chi connectivity index (χ0) is 16.5. The Labute approximate surface area is 137 Å². The molecular formula is C18H25NO4. The molecule has 1 aromatic rings. The average Bonchev–Trinajstić information content (AvgIpc) is 2.60. The molecule has 0 aromatic heterocycles. The summed E-state index contributed by atoms with van der Waals surface area (Å²) in [5.41, 5.74) is 1.01. The van der Waals surface area contributed by atoms with Gasteiger partial charge in [0.25, 0.3) is 0 Å². The van der Waals surface area contributed by atoms with Gasteiger partial charge in [0, 0.05) is 0 Å². The van der Waals surface area contributed by atoms with Gasteiger partial charge >= 0.3 is 5.97 Å². The second-order valence-corrected chi connectivity index (χ2v) is 5.94. The first-order chi connectivity index (χ1) is 11.2. The van der Waals surface area contributed by atoms with Gasteiger partial charge in [0.2, 0.25) is 5.91 Å². The molecule has 0 heterocycles. The van der Waals surface area contributed by atoms with E-state index < -0.39 is 6.04 Å². The number of hydrogen-bond acceptors (Lipinski definition) is 4. The highest BCUT2D eigenvalue weighted by Gasteiger charge is 2.31. The predicted molar refractivity (Wildman–Crippen MR) is 86.6 cm³/mol. The monoisotopic (exact) mass is 319 g/mol. The molecule has 1 N–H and O–H groups in total. The third-order valence-corrected chi connectivity index (χ3v) is 4.24. The van der Waals surface area contributed by atoms with Gasteiger partial charge in [-0.25, -0.2) is 4.79 Å². The lowest BCUT2D eigenvalue weighted by Gasteiger charge is -2.28. The van der Waals surface area contributed by atoms with Crippen LogP contribution in [0.2, 0.25) is 0 Å². The Hall–Kier alpha value is -1.88. The van der Waals surface area contributed by atoms with Crippen LogP contribution in [0.15, 0.2) is 30.3 Å². The summed E-state index contributed by atoms with van der Waals surface area (Å²) in [5, 5.41) is 2.79. The van der Waals surface area contributed by atoms with Crippen molar-refractivity contribution < 1.29 is 19.1 Å². The molecular weight excluding hydrogens is 294 g/mol. The van der Waals surface area contributed by atoms with Crippen LogP contribution in [0.4, 0.5) is 0 Å². The van der Waals surface area contributed by atoms with Crippen LogP contribution in [0.1, 0.15) is 37.7 Å². The number of carbonyl (C=O) groups is 2. The summed E-state index contributed by atoms with van der Waals surface area (Å²) in [6.07, 6.45) is 5.28. The zero-order valence-corrected chi connectivity index (χ0v) is 13.6. The zero-order valence-electron chi connectivity index (χ0n) is 13.6. The van der Waals surface area contributed by atoms with Crippen LogP contribution in [-0.2, 0) is 25.7 Å². The minimum atomic E-state index is -0.562. The van der Waals surface area contributed by atoms with E-state index in [4.69, 9.17) is 9.47 Å². The van der Waals surface area contributed by atoms with Crippen molar-refractivity contribution in [3.63, 3.8) is 0 Å². The topological polar surface area (TPSA) is 64.6 Å². The highest BCUT2D eigenvalue weighted by atomic mass is 16.5. The number of amides is 1. The van der Waals surface area contributed by atoms with Crippen molar-refractivity contribution in [1.29, 1.82) is 0 Å². The summed E-state index contributed by atoms with van der Waals surface area (Å²) >= 11 is 0. The van der Waals surface area contributed by atoms with Crippen LogP contribution in [0.3, 0.4) is 0 Å². The molecule has 0 bridgehead atoms. The fourth-order valence-corrected chi connectivity index (χ4v) is 3.01. The molecule has 1 atom stereocenters. The molecule has 1 aromatic carbocycles. The first kappa shape index (κ1) is 17.5. The van der Waals surface area contributed by atoms with Crippen molar-refractivity contribution in [3.05, 3.63) is 35.9 Å². The molecule has 0 unspecified atom stereocenters. The maximum atomic E-state index is 12.1. The van der Waals surface area contributed by atoms with E-state index in [0.717, 1.165) is 31.2 Å². The molecule has 1 amide bonds. The third-order valence-electron chi connectivity index (χ3n) is 4.24. The Bertz CT molecular complexity index is 497. The molecule has 1 aliphatic carbocycles. The van der Waals surface area contributed by atoms with Crippen molar-refractivity contribution in [2.24, 2.45) is 5.92 Å². The van der Waals surface area contributed by atoms with E-state index in [2.05, 4.69) is 5.32 Å². The fraction of sp³-hybridized carbons (Fsp3) is 0.556. The summed E-state index contributed by atoms with van der Waals surface area (Å²) in [6.45, 7) is 0.315. The van der Waals surface area contributed by atoms with E-state index in [1.807, 2.05) is 30.3 Å². The maximum Gasteiger partial charge on any atom is 0.328 e. The molecule has 2 rings (SSSR count). The highest BCUT2D eigenvalue weighted by Crippen LogP contribution is 2.27. The minimum Gasteiger partial charge on any atom is -0.467 e. The molecule has 1 aliphatic rings. The van der Waals surface area contributed by atoms with E-state index >= 15 is 0 Å². The predicted octanol–water partition coefficient (Wildman–Crippen LogP) is 2.44. The van der Waals surface area contributed by atoms with E-state index in [-0.39, 0.29) is 24.4 Å². The van der Waals surface area contributed by atoms with Gasteiger partial charge < -0.3 is 14.8 Å². The molecule has 0 radical (unpaired) electrons. The third kappa shape index (κ3) is 5.67. The maximum absolute atomic E-state index is 12.1. The molecule has 23 heavy (non-hydrogen) atoms. The minimum absolute atomic E-state index is 0.0604. The van der Waals surface area contributed by atoms with Crippen LogP contribution in [0.5, 0.6) is 0 Å². The Balaban J connectivity index is 1.81. The van der Waals surface area contributed by atoms with E-state index in [1.165, 1.54) is 13.5 Å². The summed E-state index contributed by atoms with van der Waals surface area (Å²) in [7, 11) is 1.36. The molecule has 1 fully saturated rings. The summed E-state index contributed by atoms with van der Waals surface area (Å²) in [5.74, 6) is -0.482.